The Labute approximate surface area is 214 Å². The molecule has 0 aliphatic heterocycles. The van der Waals surface area contributed by atoms with Gasteiger partial charge in [0.25, 0.3) is 5.91 Å². The molecule has 3 heterocycles. The summed E-state index contributed by atoms with van der Waals surface area (Å²) in [5, 5.41) is 10.2. The lowest BCUT2D eigenvalue weighted by Gasteiger charge is -2.10. The van der Waals surface area contributed by atoms with Crippen LogP contribution in [-0.4, -0.2) is 36.5 Å². The fourth-order valence-electron chi connectivity index (χ4n) is 4.37. The van der Waals surface area contributed by atoms with Gasteiger partial charge in [-0.2, -0.15) is 5.10 Å². The summed E-state index contributed by atoms with van der Waals surface area (Å²) in [6.45, 7) is 1.98. The molecule has 0 atom stereocenters. The summed E-state index contributed by atoms with van der Waals surface area (Å²) in [5.74, 6) is 1.43. The minimum Gasteiger partial charge on any atom is -0.321 e. The summed E-state index contributed by atoms with van der Waals surface area (Å²) >= 11 is 0. The number of hydrogen-bond acceptors (Lipinski definition) is 6. The summed E-state index contributed by atoms with van der Waals surface area (Å²) in [7, 11) is 1.88. The van der Waals surface area contributed by atoms with Gasteiger partial charge in [0.1, 0.15) is 5.82 Å². The maximum atomic E-state index is 12.9. The molecule has 2 amide bonds. The van der Waals surface area contributed by atoms with Crippen molar-refractivity contribution in [2.75, 3.05) is 10.6 Å². The first-order chi connectivity index (χ1) is 17.9. The Morgan fingerprint density at radius 3 is 2.54 bits per heavy atom. The van der Waals surface area contributed by atoms with E-state index < -0.39 is 0 Å². The van der Waals surface area contributed by atoms with Crippen LogP contribution in [0.25, 0.3) is 22.6 Å². The standard InChI is InChI=1S/C28H27N7O2/c1-16-3-8-20(31-28(37)23-15-24(17-4-5-17)35(2)34-23)14-21(16)26-30-12-10-22(32-26)19-9-11-29-25(13-19)33-27(36)18-6-7-18/h3,8-15,17-18H,4-7H2,1-2H3,(H,31,37)(H,29,33,36). The first-order valence-corrected chi connectivity index (χ1v) is 12.5. The molecular weight excluding hydrogens is 466 g/mol. The molecule has 2 aliphatic carbocycles. The predicted molar refractivity (Wildman–Crippen MR) is 140 cm³/mol. The zero-order chi connectivity index (χ0) is 25.5. The lowest BCUT2D eigenvalue weighted by molar-refractivity contribution is -0.117. The number of pyridine rings is 1. The third-order valence-electron chi connectivity index (χ3n) is 6.79. The van der Waals surface area contributed by atoms with E-state index in [2.05, 4.69) is 25.7 Å². The van der Waals surface area contributed by atoms with Gasteiger partial charge < -0.3 is 10.6 Å². The molecular formula is C28H27N7O2. The van der Waals surface area contributed by atoms with Crippen LogP contribution < -0.4 is 10.6 Å². The van der Waals surface area contributed by atoms with Crippen molar-refractivity contribution < 1.29 is 9.59 Å². The van der Waals surface area contributed by atoms with Crippen molar-refractivity contribution in [3.63, 3.8) is 0 Å². The van der Waals surface area contributed by atoms with E-state index >= 15 is 0 Å². The van der Waals surface area contributed by atoms with Crippen LogP contribution in [0.4, 0.5) is 11.5 Å². The fourth-order valence-corrected chi connectivity index (χ4v) is 4.37. The molecule has 0 bridgehead atoms. The molecule has 2 saturated carbocycles. The highest BCUT2D eigenvalue weighted by molar-refractivity contribution is 6.03. The summed E-state index contributed by atoms with van der Waals surface area (Å²) in [6.07, 6.45) is 7.53. The molecule has 2 fully saturated rings. The average molecular weight is 494 g/mol. The maximum Gasteiger partial charge on any atom is 0.276 e. The Morgan fingerprint density at radius 1 is 0.946 bits per heavy atom. The molecule has 3 aromatic heterocycles. The molecule has 9 heteroatoms. The van der Waals surface area contributed by atoms with Gasteiger partial charge in [-0.1, -0.05) is 6.07 Å². The van der Waals surface area contributed by atoms with Crippen LogP contribution in [0, 0.1) is 12.8 Å². The van der Waals surface area contributed by atoms with Crippen LogP contribution in [0.15, 0.2) is 54.9 Å². The quantitative estimate of drug-likeness (QED) is 0.385. The largest absolute Gasteiger partial charge is 0.321 e. The van der Waals surface area contributed by atoms with Crippen molar-refractivity contribution in [3.8, 4) is 22.6 Å². The molecule has 0 saturated heterocycles. The number of nitrogens with zero attached hydrogens (tertiary/aromatic N) is 5. The number of rotatable bonds is 7. The van der Waals surface area contributed by atoms with E-state index in [9.17, 15) is 9.59 Å². The van der Waals surface area contributed by atoms with Crippen molar-refractivity contribution in [1.29, 1.82) is 0 Å². The SMILES string of the molecule is Cc1ccc(NC(=O)c2cc(C3CC3)n(C)n2)cc1-c1nccc(-c2ccnc(NC(=O)C3CC3)c2)n1. The number of carbonyl (C=O) groups excluding carboxylic acids is 2. The average Bonchev–Trinajstić information content (AvgIpc) is 3.83. The van der Waals surface area contributed by atoms with Crippen molar-refractivity contribution in [2.45, 2.75) is 38.5 Å². The van der Waals surface area contributed by atoms with Crippen LogP contribution in [-0.2, 0) is 11.8 Å². The fraction of sp³-hybridized carbons (Fsp3) is 0.286. The molecule has 0 radical (unpaired) electrons. The van der Waals surface area contributed by atoms with Crippen molar-refractivity contribution >= 4 is 23.3 Å². The number of nitrogens with one attached hydrogen (secondary N) is 2. The van der Waals surface area contributed by atoms with Gasteiger partial charge in [0, 0.05) is 53.8 Å². The highest BCUT2D eigenvalue weighted by atomic mass is 16.2. The van der Waals surface area contributed by atoms with Gasteiger partial charge in [0.15, 0.2) is 11.5 Å². The smallest absolute Gasteiger partial charge is 0.276 e. The van der Waals surface area contributed by atoms with Crippen LogP contribution >= 0.6 is 0 Å². The normalized spacial score (nSPS) is 14.9. The van der Waals surface area contributed by atoms with Crippen molar-refractivity contribution in [2.24, 2.45) is 13.0 Å². The lowest BCUT2D eigenvalue weighted by atomic mass is 10.1. The molecule has 1 aromatic carbocycles. The Morgan fingerprint density at radius 2 is 1.76 bits per heavy atom. The Hall–Kier alpha value is -4.40. The second kappa shape index (κ2) is 9.24. The molecule has 0 spiro atoms. The van der Waals surface area contributed by atoms with Gasteiger partial charge in [-0.05, 0) is 74.6 Å². The molecule has 2 N–H and O–H groups in total. The predicted octanol–water partition coefficient (Wildman–Crippen LogP) is 4.73. The molecule has 6 rings (SSSR count). The number of hydrogen-bond donors (Lipinski definition) is 2. The van der Waals surface area contributed by atoms with E-state index in [1.807, 2.05) is 56.4 Å². The monoisotopic (exact) mass is 493 g/mol. The van der Waals surface area contributed by atoms with Gasteiger partial charge in [0.2, 0.25) is 5.91 Å². The lowest BCUT2D eigenvalue weighted by Crippen LogP contribution is -2.14. The van der Waals surface area contributed by atoms with E-state index in [0.29, 0.717) is 34.6 Å². The third-order valence-corrected chi connectivity index (χ3v) is 6.79. The van der Waals surface area contributed by atoms with E-state index in [-0.39, 0.29) is 17.7 Å². The summed E-state index contributed by atoms with van der Waals surface area (Å²) < 4.78 is 1.80. The van der Waals surface area contributed by atoms with Gasteiger partial charge in [0.05, 0.1) is 5.69 Å². The van der Waals surface area contributed by atoms with Crippen molar-refractivity contribution in [1.82, 2.24) is 24.7 Å². The van der Waals surface area contributed by atoms with Gasteiger partial charge >= 0.3 is 0 Å². The molecule has 2 aliphatic rings. The van der Waals surface area contributed by atoms with E-state index in [0.717, 1.165) is 48.1 Å². The van der Waals surface area contributed by atoms with E-state index in [1.54, 1.807) is 17.1 Å². The maximum absolute atomic E-state index is 12.9. The number of aryl methyl sites for hydroxylation is 2. The van der Waals surface area contributed by atoms with Crippen LogP contribution in [0.3, 0.4) is 0 Å². The summed E-state index contributed by atoms with van der Waals surface area (Å²) in [4.78, 5) is 38.6. The second-order valence-corrected chi connectivity index (χ2v) is 9.79. The first kappa shape index (κ1) is 23.0. The molecule has 186 valence electrons. The minimum atomic E-state index is -0.246. The highest BCUT2D eigenvalue weighted by Crippen LogP contribution is 2.40. The summed E-state index contributed by atoms with van der Waals surface area (Å²) in [5.41, 5.74) is 5.50. The van der Waals surface area contributed by atoms with Crippen LogP contribution in [0.5, 0.6) is 0 Å². The highest BCUT2D eigenvalue weighted by Gasteiger charge is 2.30. The molecule has 0 unspecified atom stereocenters. The number of amides is 2. The number of anilines is 2. The number of benzene rings is 1. The van der Waals surface area contributed by atoms with E-state index in [1.165, 1.54) is 0 Å². The molecule has 9 nitrogen and oxygen atoms in total. The Balaban J connectivity index is 1.23. The topological polar surface area (TPSA) is 115 Å². The van der Waals surface area contributed by atoms with Gasteiger partial charge in [-0.3, -0.25) is 14.3 Å². The minimum absolute atomic E-state index is 0.0111. The van der Waals surface area contributed by atoms with E-state index in [4.69, 9.17) is 4.98 Å². The van der Waals surface area contributed by atoms with Gasteiger partial charge in [-0.25, -0.2) is 15.0 Å². The Kier molecular flexibility index (Phi) is 5.75. The van der Waals surface area contributed by atoms with Gasteiger partial charge in [-0.15, -0.1) is 0 Å². The van der Waals surface area contributed by atoms with Crippen LogP contribution in [0.2, 0.25) is 0 Å². The van der Waals surface area contributed by atoms with Crippen molar-refractivity contribution in [3.05, 3.63) is 71.8 Å². The van der Waals surface area contributed by atoms with Crippen LogP contribution in [0.1, 0.15) is 53.3 Å². The summed E-state index contributed by atoms with van der Waals surface area (Å²) in [6, 6.07) is 13.1. The zero-order valence-corrected chi connectivity index (χ0v) is 20.7. The Bertz CT molecular complexity index is 1520. The molecule has 4 aromatic rings. The zero-order valence-electron chi connectivity index (χ0n) is 20.7. The number of carbonyl (C=O) groups is 2. The second-order valence-electron chi connectivity index (χ2n) is 9.79. The third kappa shape index (κ3) is 4.97. The molecule has 37 heavy (non-hydrogen) atoms. The number of aromatic nitrogens is 5. The first-order valence-electron chi connectivity index (χ1n) is 12.5.